The number of hydrogen-bond donors (Lipinski definition) is 2. The molecule has 1 aliphatic heterocycles. The predicted octanol–water partition coefficient (Wildman–Crippen LogP) is -0.0274. The Balaban J connectivity index is 2.49. The van der Waals surface area contributed by atoms with E-state index in [2.05, 4.69) is 5.32 Å². The van der Waals surface area contributed by atoms with Crippen molar-refractivity contribution in [1.82, 2.24) is 10.2 Å². The molecule has 1 fully saturated rings. The monoisotopic (exact) mass is 256 g/mol. The second-order valence-corrected chi connectivity index (χ2v) is 4.13. The van der Waals surface area contributed by atoms with Gasteiger partial charge in [-0.05, 0) is 13.8 Å². The van der Waals surface area contributed by atoms with Gasteiger partial charge in [-0.25, -0.2) is 9.59 Å². The molecule has 1 aliphatic rings. The summed E-state index contributed by atoms with van der Waals surface area (Å²) in [4.78, 5) is 34.6. The number of ether oxygens (including phenoxy) is 1. The van der Waals surface area contributed by atoms with Crippen LogP contribution in [-0.4, -0.2) is 53.2 Å². The second-order valence-electron chi connectivity index (χ2n) is 4.13. The van der Waals surface area contributed by atoms with Crippen molar-refractivity contribution in [3.05, 3.63) is 12.2 Å². The normalized spacial score (nSPS) is 24.0. The van der Waals surface area contributed by atoms with Crippen molar-refractivity contribution in [2.24, 2.45) is 0 Å². The molecule has 7 heteroatoms. The number of carboxylic acids is 1. The van der Waals surface area contributed by atoms with Gasteiger partial charge in [0.1, 0.15) is 0 Å². The molecule has 2 unspecified atom stereocenters. The van der Waals surface area contributed by atoms with Gasteiger partial charge in [0, 0.05) is 25.2 Å². The summed E-state index contributed by atoms with van der Waals surface area (Å²) in [5.41, 5.74) is 0. The SMILES string of the molecule is CC1CN(C(=O)NC(=O)/C=C/C(=O)O)CC(C)O1. The van der Waals surface area contributed by atoms with Crippen LogP contribution in [0.2, 0.25) is 0 Å². The van der Waals surface area contributed by atoms with E-state index in [0.717, 1.165) is 6.08 Å². The third-order valence-corrected chi connectivity index (χ3v) is 2.31. The quantitative estimate of drug-likeness (QED) is 0.676. The molecule has 0 spiro atoms. The van der Waals surface area contributed by atoms with Crippen LogP contribution in [0, 0.1) is 0 Å². The number of imide groups is 1. The van der Waals surface area contributed by atoms with Crippen molar-refractivity contribution in [3.8, 4) is 0 Å². The number of nitrogens with zero attached hydrogens (tertiary/aromatic N) is 1. The Bertz CT molecular complexity index is 370. The Morgan fingerprint density at radius 2 is 1.78 bits per heavy atom. The molecule has 0 saturated carbocycles. The molecule has 3 amide bonds. The topological polar surface area (TPSA) is 95.9 Å². The number of hydrogen-bond acceptors (Lipinski definition) is 4. The average molecular weight is 256 g/mol. The first-order chi connectivity index (χ1) is 8.38. The van der Waals surface area contributed by atoms with E-state index >= 15 is 0 Å². The highest BCUT2D eigenvalue weighted by Gasteiger charge is 2.26. The molecule has 7 nitrogen and oxygen atoms in total. The number of rotatable bonds is 2. The summed E-state index contributed by atoms with van der Waals surface area (Å²) in [7, 11) is 0. The van der Waals surface area contributed by atoms with Crippen LogP contribution in [0.15, 0.2) is 12.2 Å². The molecule has 18 heavy (non-hydrogen) atoms. The lowest BCUT2D eigenvalue weighted by molar-refractivity contribution is -0.131. The molecule has 100 valence electrons. The summed E-state index contributed by atoms with van der Waals surface area (Å²) in [5, 5.41) is 10.4. The number of urea groups is 1. The van der Waals surface area contributed by atoms with E-state index < -0.39 is 17.9 Å². The summed E-state index contributed by atoms with van der Waals surface area (Å²) in [5.74, 6) is -2.00. The van der Waals surface area contributed by atoms with E-state index in [4.69, 9.17) is 9.84 Å². The molecule has 2 N–H and O–H groups in total. The number of amides is 3. The lowest BCUT2D eigenvalue weighted by Gasteiger charge is -2.34. The summed E-state index contributed by atoms with van der Waals surface area (Å²) >= 11 is 0. The number of carbonyl (C=O) groups excluding carboxylic acids is 2. The number of morpholine rings is 1. The maximum Gasteiger partial charge on any atom is 0.328 e. The summed E-state index contributed by atoms with van der Waals surface area (Å²) < 4.78 is 5.45. The zero-order valence-corrected chi connectivity index (χ0v) is 10.3. The van der Waals surface area contributed by atoms with Crippen LogP contribution in [0.25, 0.3) is 0 Å². The third-order valence-electron chi connectivity index (χ3n) is 2.31. The van der Waals surface area contributed by atoms with Gasteiger partial charge in [0.25, 0.3) is 5.91 Å². The molecule has 1 heterocycles. The zero-order chi connectivity index (χ0) is 13.7. The van der Waals surface area contributed by atoms with Crippen LogP contribution in [0.1, 0.15) is 13.8 Å². The highest BCUT2D eigenvalue weighted by atomic mass is 16.5. The fourth-order valence-electron chi connectivity index (χ4n) is 1.72. The van der Waals surface area contributed by atoms with E-state index in [-0.39, 0.29) is 12.2 Å². The number of nitrogens with one attached hydrogen (secondary N) is 1. The lowest BCUT2D eigenvalue weighted by Crippen LogP contribution is -2.52. The van der Waals surface area contributed by atoms with Crippen LogP contribution in [-0.2, 0) is 14.3 Å². The Morgan fingerprint density at radius 1 is 1.22 bits per heavy atom. The minimum absolute atomic E-state index is 0.0934. The first-order valence-electron chi connectivity index (χ1n) is 5.55. The fourth-order valence-corrected chi connectivity index (χ4v) is 1.72. The van der Waals surface area contributed by atoms with Gasteiger partial charge in [-0.1, -0.05) is 0 Å². The summed E-state index contributed by atoms with van der Waals surface area (Å²) in [6.07, 6.45) is 1.29. The van der Waals surface area contributed by atoms with Gasteiger partial charge in [0.05, 0.1) is 12.2 Å². The largest absolute Gasteiger partial charge is 0.478 e. The van der Waals surface area contributed by atoms with Crippen LogP contribution < -0.4 is 5.32 Å². The molecule has 2 atom stereocenters. The molecule has 0 aromatic carbocycles. The molecule has 0 radical (unpaired) electrons. The Labute approximate surface area is 104 Å². The molecular formula is C11H16N2O5. The van der Waals surface area contributed by atoms with Gasteiger partial charge < -0.3 is 14.7 Å². The molecule has 1 rings (SSSR count). The Hall–Kier alpha value is -1.89. The fraction of sp³-hybridized carbons (Fsp3) is 0.545. The van der Waals surface area contributed by atoms with Gasteiger partial charge in [-0.2, -0.15) is 0 Å². The van der Waals surface area contributed by atoms with E-state index in [1.165, 1.54) is 4.90 Å². The van der Waals surface area contributed by atoms with Crippen LogP contribution in [0.5, 0.6) is 0 Å². The summed E-state index contributed by atoms with van der Waals surface area (Å²) in [6.45, 7) is 4.46. The van der Waals surface area contributed by atoms with Crippen LogP contribution in [0.3, 0.4) is 0 Å². The van der Waals surface area contributed by atoms with Gasteiger partial charge in [0.2, 0.25) is 0 Å². The number of carboxylic acid groups (broad SMARTS) is 1. The Kier molecular flexibility index (Phi) is 4.85. The molecule has 1 saturated heterocycles. The number of aliphatic carboxylic acids is 1. The maximum atomic E-state index is 11.7. The Morgan fingerprint density at radius 3 is 2.28 bits per heavy atom. The van der Waals surface area contributed by atoms with E-state index in [1.54, 1.807) is 0 Å². The van der Waals surface area contributed by atoms with Crippen molar-refractivity contribution in [1.29, 1.82) is 0 Å². The van der Waals surface area contributed by atoms with Crippen molar-refractivity contribution in [2.75, 3.05) is 13.1 Å². The van der Waals surface area contributed by atoms with Gasteiger partial charge in [-0.15, -0.1) is 0 Å². The second kappa shape index (κ2) is 6.15. The smallest absolute Gasteiger partial charge is 0.328 e. The van der Waals surface area contributed by atoms with Gasteiger partial charge >= 0.3 is 12.0 Å². The molecule has 0 bridgehead atoms. The molecule has 0 aliphatic carbocycles. The van der Waals surface area contributed by atoms with E-state index in [0.29, 0.717) is 19.2 Å². The molecule has 0 aromatic rings. The molecular weight excluding hydrogens is 240 g/mol. The van der Waals surface area contributed by atoms with Crippen molar-refractivity contribution in [2.45, 2.75) is 26.1 Å². The number of carbonyl (C=O) groups is 3. The third kappa shape index (κ3) is 4.54. The minimum Gasteiger partial charge on any atom is -0.478 e. The predicted molar refractivity (Wildman–Crippen MR) is 61.9 cm³/mol. The first kappa shape index (κ1) is 14.2. The van der Waals surface area contributed by atoms with Crippen molar-refractivity contribution in [3.63, 3.8) is 0 Å². The minimum atomic E-state index is -1.24. The molecule has 0 aromatic heterocycles. The van der Waals surface area contributed by atoms with Gasteiger partial charge in [-0.3, -0.25) is 10.1 Å². The van der Waals surface area contributed by atoms with Crippen LogP contribution in [0.4, 0.5) is 4.79 Å². The lowest BCUT2D eigenvalue weighted by atomic mass is 10.2. The van der Waals surface area contributed by atoms with Crippen LogP contribution >= 0.6 is 0 Å². The van der Waals surface area contributed by atoms with E-state index in [9.17, 15) is 14.4 Å². The standard InChI is InChI=1S/C11H16N2O5/c1-7-5-13(6-8(2)18-7)11(17)12-9(14)3-4-10(15)16/h3-4,7-8H,5-6H2,1-2H3,(H,15,16)(H,12,14,17)/b4-3+. The summed E-state index contributed by atoms with van der Waals surface area (Å²) in [6, 6.07) is -0.544. The highest BCUT2D eigenvalue weighted by Crippen LogP contribution is 2.10. The van der Waals surface area contributed by atoms with Crippen molar-refractivity contribution < 1.29 is 24.2 Å². The average Bonchev–Trinajstić information content (AvgIpc) is 2.25. The van der Waals surface area contributed by atoms with Crippen molar-refractivity contribution >= 4 is 17.9 Å². The highest BCUT2D eigenvalue weighted by molar-refractivity contribution is 6.02. The zero-order valence-electron chi connectivity index (χ0n) is 10.3. The first-order valence-corrected chi connectivity index (χ1v) is 5.55. The van der Waals surface area contributed by atoms with Gasteiger partial charge in [0.15, 0.2) is 0 Å². The maximum absolute atomic E-state index is 11.7. The van der Waals surface area contributed by atoms with E-state index in [1.807, 2.05) is 13.8 Å².